The fourth-order valence-electron chi connectivity index (χ4n) is 3.85. The second-order valence-corrected chi connectivity index (χ2v) is 12.1. The summed E-state index contributed by atoms with van der Waals surface area (Å²) >= 11 is 2.72. The number of thioether (sulfide) groups is 1. The number of carbonyl (C=O) groups excluding carboxylic acids is 1. The maximum Gasteiger partial charge on any atom is 0.243 e. The molecule has 0 radical (unpaired) electrons. The van der Waals surface area contributed by atoms with Gasteiger partial charge in [-0.3, -0.25) is 4.79 Å². The molecule has 1 unspecified atom stereocenters. The van der Waals surface area contributed by atoms with E-state index < -0.39 is 15.3 Å². The number of amides is 1. The summed E-state index contributed by atoms with van der Waals surface area (Å²) in [4.78, 5) is 22.4. The van der Waals surface area contributed by atoms with Crippen LogP contribution in [0.4, 0.5) is 5.13 Å². The minimum Gasteiger partial charge on any atom is -0.319 e. The Hall–Kier alpha value is -2.73. The van der Waals surface area contributed by atoms with Crippen LogP contribution in [0.15, 0.2) is 64.0 Å². The Kier molecular flexibility index (Phi) is 8.13. The lowest BCUT2D eigenvalue weighted by atomic mass is 10.2. The number of aryl methyl sites for hydroxylation is 1. The third-order valence-corrected chi connectivity index (χ3v) is 9.69. The Morgan fingerprint density at radius 1 is 1.11 bits per heavy atom. The zero-order valence-electron chi connectivity index (χ0n) is 20.6. The number of imidazole rings is 1. The Balaban J connectivity index is 1.52. The van der Waals surface area contributed by atoms with Crippen molar-refractivity contribution in [3.8, 4) is 11.3 Å². The van der Waals surface area contributed by atoms with E-state index in [1.807, 2.05) is 68.0 Å². The van der Waals surface area contributed by atoms with Crippen molar-refractivity contribution in [2.24, 2.45) is 0 Å². The lowest BCUT2D eigenvalue weighted by Crippen LogP contribution is -2.30. The number of anilines is 1. The van der Waals surface area contributed by atoms with Crippen LogP contribution in [-0.4, -0.2) is 51.5 Å². The van der Waals surface area contributed by atoms with Gasteiger partial charge in [0, 0.05) is 30.6 Å². The van der Waals surface area contributed by atoms with Crippen LogP contribution >= 0.6 is 23.1 Å². The van der Waals surface area contributed by atoms with Crippen molar-refractivity contribution in [1.82, 2.24) is 18.8 Å². The average molecular weight is 544 g/mol. The maximum atomic E-state index is 13.0. The number of fused-ring (bicyclic) bond motifs is 1. The highest BCUT2D eigenvalue weighted by Crippen LogP contribution is 2.31. The molecule has 2 aromatic carbocycles. The second kappa shape index (κ2) is 11.1. The van der Waals surface area contributed by atoms with E-state index in [4.69, 9.17) is 4.98 Å². The number of thiazole rings is 1. The van der Waals surface area contributed by atoms with Gasteiger partial charge in [-0.15, -0.1) is 11.3 Å². The van der Waals surface area contributed by atoms with Gasteiger partial charge in [0.1, 0.15) is 0 Å². The van der Waals surface area contributed by atoms with Crippen LogP contribution in [0, 0.1) is 0 Å². The molecule has 4 aromatic rings. The largest absolute Gasteiger partial charge is 0.319 e. The summed E-state index contributed by atoms with van der Waals surface area (Å²) in [6.07, 6.45) is 0. The first-order chi connectivity index (χ1) is 17.3. The van der Waals surface area contributed by atoms with E-state index in [0.29, 0.717) is 35.4 Å². The molecule has 1 amide bonds. The molecule has 0 bridgehead atoms. The summed E-state index contributed by atoms with van der Waals surface area (Å²) in [5.74, 6) is -0.173. The van der Waals surface area contributed by atoms with E-state index in [1.54, 1.807) is 18.2 Å². The topological polar surface area (TPSA) is 97.2 Å². The fraction of sp³-hybridized carbons (Fsp3) is 0.320. The van der Waals surface area contributed by atoms with Crippen molar-refractivity contribution in [1.29, 1.82) is 0 Å². The molecule has 2 heterocycles. The fourth-order valence-corrected chi connectivity index (χ4v) is 7.04. The Morgan fingerprint density at radius 2 is 1.83 bits per heavy atom. The number of hydrogen-bond acceptors (Lipinski definition) is 7. The first-order valence-corrected chi connectivity index (χ1v) is 15.0. The summed E-state index contributed by atoms with van der Waals surface area (Å²) in [5.41, 5.74) is 3.24. The van der Waals surface area contributed by atoms with E-state index in [-0.39, 0.29) is 10.8 Å². The highest BCUT2D eigenvalue weighted by atomic mass is 32.2. The van der Waals surface area contributed by atoms with Crippen molar-refractivity contribution in [2.75, 3.05) is 18.4 Å². The molecule has 11 heteroatoms. The van der Waals surface area contributed by atoms with Crippen LogP contribution in [0.1, 0.15) is 27.7 Å². The molecule has 0 aliphatic rings. The predicted octanol–water partition coefficient (Wildman–Crippen LogP) is 5.33. The number of aromatic nitrogens is 3. The normalized spacial score (nSPS) is 12.8. The van der Waals surface area contributed by atoms with Crippen LogP contribution in [0.5, 0.6) is 0 Å². The molecule has 36 heavy (non-hydrogen) atoms. The Morgan fingerprint density at radius 3 is 2.50 bits per heavy atom. The molecule has 4 rings (SSSR count). The van der Waals surface area contributed by atoms with Crippen LogP contribution in [0.3, 0.4) is 0 Å². The molecule has 0 aliphatic heterocycles. The van der Waals surface area contributed by atoms with Gasteiger partial charge < -0.3 is 9.88 Å². The average Bonchev–Trinajstić information content (AvgIpc) is 3.48. The smallest absolute Gasteiger partial charge is 0.243 e. The minimum absolute atomic E-state index is 0.173. The molecule has 2 aromatic heterocycles. The van der Waals surface area contributed by atoms with Gasteiger partial charge in [-0.1, -0.05) is 55.9 Å². The number of rotatable bonds is 10. The number of hydrogen-bond donors (Lipinski definition) is 1. The molecular weight excluding hydrogens is 515 g/mol. The number of benzene rings is 2. The van der Waals surface area contributed by atoms with Crippen molar-refractivity contribution < 1.29 is 13.2 Å². The third kappa shape index (κ3) is 5.34. The zero-order valence-corrected chi connectivity index (χ0v) is 23.1. The number of sulfonamides is 1. The molecule has 1 N–H and O–H groups in total. The summed E-state index contributed by atoms with van der Waals surface area (Å²) < 4.78 is 29.3. The maximum absolute atomic E-state index is 13.0. The first kappa shape index (κ1) is 26.3. The van der Waals surface area contributed by atoms with Gasteiger partial charge in [0.25, 0.3) is 0 Å². The first-order valence-electron chi connectivity index (χ1n) is 11.8. The SMILES string of the molecule is CCN(CC)S(=O)(=O)c1ccc2c(c1)nc(SC(C)C(=O)Nc1nc(-c3ccccc3)cs1)n2CC. The number of nitrogens with one attached hydrogen (secondary N) is 1. The molecule has 0 spiro atoms. The van der Waals surface area contributed by atoms with Gasteiger partial charge in [0.2, 0.25) is 15.9 Å². The molecule has 0 saturated heterocycles. The summed E-state index contributed by atoms with van der Waals surface area (Å²) in [7, 11) is -3.58. The van der Waals surface area contributed by atoms with E-state index in [9.17, 15) is 13.2 Å². The molecule has 190 valence electrons. The third-order valence-electron chi connectivity index (χ3n) is 5.80. The Bertz CT molecular complexity index is 1460. The van der Waals surface area contributed by atoms with E-state index in [1.165, 1.54) is 27.4 Å². The van der Waals surface area contributed by atoms with Crippen LogP contribution in [-0.2, 0) is 21.4 Å². The molecule has 0 aliphatic carbocycles. The monoisotopic (exact) mass is 543 g/mol. The zero-order chi connectivity index (χ0) is 25.9. The van der Waals surface area contributed by atoms with Crippen LogP contribution in [0.25, 0.3) is 22.3 Å². The highest BCUT2D eigenvalue weighted by Gasteiger charge is 2.24. The van der Waals surface area contributed by atoms with Crippen molar-refractivity contribution >= 4 is 55.2 Å². The molecule has 1 atom stereocenters. The quantitative estimate of drug-likeness (QED) is 0.272. The van der Waals surface area contributed by atoms with Crippen molar-refractivity contribution in [3.05, 3.63) is 53.9 Å². The summed E-state index contributed by atoms with van der Waals surface area (Å²) in [6, 6.07) is 14.8. The molecule has 0 saturated carbocycles. The van der Waals surface area contributed by atoms with Crippen molar-refractivity contribution in [3.63, 3.8) is 0 Å². The van der Waals surface area contributed by atoms with Gasteiger partial charge in [-0.05, 0) is 32.0 Å². The number of carbonyl (C=O) groups is 1. The van der Waals surface area contributed by atoms with E-state index in [2.05, 4.69) is 10.3 Å². The molecular formula is C25H29N5O3S3. The standard InChI is InChI=1S/C25H29N5O3S3/c1-5-29(6-2)36(32,33)19-13-14-22-20(15-19)27-25(30(22)7-3)35-17(4)23(31)28-24-26-21(16-34-24)18-11-9-8-10-12-18/h8-17H,5-7H2,1-4H3,(H,26,28,31). The van der Waals surface area contributed by atoms with Gasteiger partial charge in [0.05, 0.1) is 26.9 Å². The van der Waals surface area contributed by atoms with Gasteiger partial charge in [0.15, 0.2) is 10.3 Å². The van der Waals surface area contributed by atoms with E-state index in [0.717, 1.165) is 16.8 Å². The van der Waals surface area contributed by atoms with Crippen LogP contribution in [0.2, 0.25) is 0 Å². The predicted molar refractivity (Wildman–Crippen MR) is 147 cm³/mol. The summed E-state index contributed by atoms with van der Waals surface area (Å²) in [6.45, 7) is 8.90. The van der Waals surface area contributed by atoms with Gasteiger partial charge in [-0.25, -0.2) is 18.4 Å². The molecule has 0 fully saturated rings. The van der Waals surface area contributed by atoms with Crippen LogP contribution < -0.4 is 5.32 Å². The minimum atomic E-state index is -3.58. The highest BCUT2D eigenvalue weighted by molar-refractivity contribution is 8.00. The van der Waals surface area contributed by atoms with Gasteiger partial charge >= 0.3 is 0 Å². The Labute approximate surface area is 219 Å². The van der Waals surface area contributed by atoms with Crippen molar-refractivity contribution in [2.45, 2.75) is 49.5 Å². The van der Waals surface area contributed by atoms with E-state index >= 15 is 0 Å². The lowest BCUT2D eigenvalue weighted by molar-refractivity contribution is -0.115. The summed E-state index contributed by atoms with van der Waals surface area (Å²) in [5, 5.41) is 5.59. The molecule has 8 nitrogen and oxygen atoms in total. The lowest BCUT2D eigenvalue weighted by Gasteiger charge is -2.18. The second-order valence-electron chi connectivity index (χ2n) is 8.03. The number of nitrogens with zero attached hydrogens (tertiary/aromatic N) is 4. The van der Waals surface area contributed by atoms with Gasteiger partial charge in [-0.2, -0.15) is 4.31 Å².